The van der Waals surface area contributed by atoms with Gasteiger partial charge in [-0.1, -0.05) is 23.4 Å². The SMILES string of the molecule is CC(C)n1c(SCCC(N)=O)nc2cc(Cl)ccc2c1=O. The predicted molar refractivity (Wildman–Crippen MR) is 85.9 cm³/mol. The molecule has 2 aromatic rings. The van der Waals surface area contributed by atoms with Crippen molar-refractivity contribution in [2.75, 3.05) is 5.75 Å². The Hall–Kier alpha value is -1.53. The van der Waals surface area contributed by atoms with Crippen molar-refractivity contribution in [2.24, 2.45) is 5.73 Å². The van der Waals surface area contributed by atoms with E-state index in [2.05, 4.69) is 4.98 Å². The molecule has 1 amide bonds. The largest absolute Gasteiger partial charge is 0.370 e. The molecule has 21 heavy (non-hydrogen) atoms. The molecule has 1 aromatic carbocycles. The number of carbonyl (C=O) groups is 1. The van der Waals surface area contributed by atoms with Crippen molar-refractivity contribution in [3.8, 4) is 0 Å². The van der Waals surface area contributed by atoms with E-state index in [0.29, 0.717) is 26.8 Å². The lowest BCUT2D eigenvalue weighted by Gasteiger charge is -2.16. The van der Waals surface area contributed by atoms with Gasteiger partial charge in [-0.2, -0.15) is 0 Å². The van der Waals surface area contributed by atoms with Gasteiger partial charge in [0.25, 0.3) is 5.56 Å². The Labute approximate surface area is 131 Å². The van der Waals surface area contributed by atoms with Crippen LogP contribution in [0.4, 0.5) is 0 Å². The number of thioether (sulfide) groups is 1. The molecule has 0 unspecified atom stereocenters. The maximum Gasteiger partial charge on any atom is 0.262 e. The summed E-state index contributed by atoms with van der Waals surface area (Å²) in [7, 11) is 0. The highest BCUT2D eigenvalue weighted by molar-refractivity contribution is 7.99. The molecule has 0 aliphatic heterocycles. The standard InChI is InChI=1S/C14H16ClN3O2S/c1-8(2)18-13(20)10-4-3-9(15)7-11(10)17-14(18)21-6-5-12(16)19/h3-4,7-8H,5-6H2,1-2H3,(H2,16,19). The molecule has 1 heterocycles. The van der Waals surface area contributed by atoms with E-state index in [1.807, 2.05) is 13.8 Å². The number of amides is 1. The smallest absolute Gasteiger partial charge is 0.262 e. The van der Waals surface area contributed by atoms with Crippen molar-refractivity contribution in [3.05, 3.63) is 33.6 Å². The van der Waals surface area contributed by atoms with Crippen molar-refractivity contribution < 1.29 is 4.79 Å². The van der Waals surface area contributed by atoms with Crippen molar-refractivity contribution in [1.29, 1.82) is 0 Å². The van der Waals surface area contributed by atoms with E-state index in [1.54, 1.807) is 22.8 Å². The maximum atomic E-state index is 12.6. The number of hydrogen-bond acceptors (Lipinski definition) is 4. The van der Waals surface area contributed by atoms with Gasteiger partial charge in [0.2, 0.25) is 5.91 Å². The summed E-state index contributed by atoms with van der Waals surface area (Å²) >= 11 is 7.30. The molecular formula is C14H16ClN3O2S. The Kier molecular flexibility index (Phi) is 4.90. The summed E-state index contributed by atoms with van der Waals surface area (Å²) in [5.74, 6) is 0.116. The highest BCUT2D eigenvalue weighted by atomic mass is 35.5. The first-order valence-electron chi connectivity index (χ1n) is 6.53. The minimum atomic E-state index is -0.371. The van der Waals surface area contributed by atoms with Gasteiger partial charge < -0.3 is 5.73 Å². The lowest BCUT2D eigenvalue weighted by atomic mass is 10.2. The van der Waals surface area contributed by atoms with Gasteiger partial charge in [-0.25, -0.2) is 4.98 Å². The van der Waals surface area contributed by atoms with Crippen LogP contribution in [0.15, 0.2) is 28.2 Å². The average molecular weight is 326 g/mol. The molecule has 7 heteroatoms. The number of nitrogens with two attached hydrogens (primary N) is 1. The van der Waals surface area contributed by atoms with Gasteiger partial charge in [-0.05, 0) is 32.0 Å². The average Bonchev–Trinajstić information content (AvgIpc) is 2.37. The Morgan fingerprint density at radius 2 is 2.19 bits per heavy atom. The molecule has 0 saturated heterocycles. The fraction of sp³-hybridized carbons (Fsp3) is 0.357. The van der Waals surface area contributed by atoms with Crippen LogP contribution in [0, 0.1) is 0 Å². The predicted octanol–water partition coefficient (Wildman–Crippen LogP) is 2.60. The molecule has 5 nitrogen and oxygen atoms in total. The lowest BCUT2D eigenvalue weighted by molar-refractivity contribution is -0.117. The molecule has 0 radical (unpaired) electrons. The monoisotopic (exact) mass is 325 g/mol. The molecule has 112 valence electrons. The normalized spacial score (nSPS) is 11.2. The van der Waals surface area contributed by atoms with Gasteiger partial charge in [-0.3, -0.25) is 14.2 Å². The third-order valence-electron chi connectivity index (χ3n) is 2.93. The fourth-order valence-electron chi connectivity index (χ4n) is 1.95. The van der Waals surface area contributed by atoms with Crippen LogP contribution in [-0.2, 0) is 4.79 Å². The van der Waals surface area contributed by atoms with Crippen LogP contribution in [0.1, 0.15) is 26.3 Å². The Morgan fingerprint density at radius 1 is 1.48 bits per heavy atom. The van der Waals surface area contributed by atoms with Crippen LogP contribution >= 0.6 is 23.4 Å². The maximum absolute atomic E-state index is 12.6. The molecule has 0 atom stereocenters. The van der Waals surface area contributed by atoms with Crippen molar-refractivity contribution in [3.63, 3.8) is 0 Å². The summed E-state index contributed by atoms with van der Waals surface area (Å²) in [4.78, 5) is 27.9. The zero-order chi connectivity index (χ0) is 15.6. The molecule has 0 bridgehead atoms. The zero-order valence-corrected chi connectivity index (χ0v) is 13.4. The van der Waals surface area contributed by atoms with E-state index < -0.39 is 0 Å². The number of primary amides is 1. The van der Waals surface area contributed by atoms with Crippen LogP contribution in [0.2, 0.25) is 5.02 Å². The Balaban J connectivity index is 2.53. The highest BCUT2D eigenvalue weighted by Gasteiger charge is 2.14. The van der Waals surface area contributed by atoms with Crippen LogP contribution in [-0.4, -0.2) is 21.2 Å². The quantitative estimate of drug-likeness (QED) is 0.677. The third-order valence-corrected chi connectivity index (χ3v) is 4.12. The van der Waals surface area contributed by atoms with Gasteiger partial charge in [0.15, 0.2) is 5.16 Å². The van der Waals surface area contributed by atoms with E-state index in [4.69, 9.17) is 17.3 Å². The number of fused-ring (bicyclic) bond motifs is 1. The highest BCUT2D eigenvalue weighted by Crippen LogP contribution is 2.23. The van der Waals surface area contributed by atoms with Crippen molar-refractivity contribution in [2.45, 2.75) is 31.5 Å². The Morgan fingerprint density at radius 3 is 2.81 bits per heavy atom. The molecule has 2 rings (SSSR count). The number of rotatable bonds is 5. The lowest BCUT2D eigenvalue weighted by Crippen LogP contribution is -2.25. The molecule has 1 aromatic heterocycles. The second-order valence-corrected chi connectivity index (χ2v) is 6.39. The Bertz CT molecular complexity index is 743. The second kappa shape index (κ2) is 6.49. The van der Waals surface area contributed by atoms with Crippen LogP contribution < -0.4 is 11.3 Å². The first kappa shape index (κ1) is 15.9. The van der Waals surface area contributed by atoms with Gasteiger partial charge >= 0.3 is 0 Å². The van der Waals surface area contributed by atoms with Crippen LogP contribution in [0.3, 0.4) is 0 Å². The number of benzene rings is 1. The van der Waals surface area contributed by atoms with Gasteiger partial charge in [0.1, 0.15) is 0 Å². The summed E-state index contributed by atoms with van der Waals surface area (Å²) in [6, 6.07) is 5.00. The first-order valence-corrected chi connectivity index (χ1v) is 7.89. The zero-order valence-electron chi connectivity index (χ0n) is 11.8. The summed E-state index contributed by atoms with van der Waals surface area (Å²) in [6.45, 7) is 3.84. The molecule has 0 aliphatic rings. The minimum absolute atomic E-state index is 0.0267. The summed E-state index contributed by atoms with van der Waals surface area (Å²) in [5, 5.41) is 1.64. The van der Waals surface area contributed by atoms with E-state index >= 15 is 0 Å². The van der Waals surface area contributed by atoms with Crippen LogP contribution in [0.5, 0.6) is 0 Å². The number of halogens is 1. The summed E-state index contributed by atoms with van der Waals surface area (Å²) in [6.07, 6.45) is 0.242. The molecule has 0 saturated carbocycles. The van der Waals surface area contributed by atoms with Gasteiger partial charge in [0, 0.05) is 23.2 Å². The number of hydrogen-bond donors (Lipinski definition) is 1. The minimum Gasteiger partial charge on any atom is -0.370 e. The fourth-order valence-corrected chi connectivity index (χ4v) is 3.20. The molecule has 0 spiro atoms. The van der Waals surface area contributed by atoms with E-state index in [9.17, 15) is 9.59 Å². The van der Waals surface area contributed by atoms with Crippen LogP contribution in [0.25, 0.3) is 10.9 Å². The van der Waals surface area contributed by atoms with E-state index in [-0.39, 0.29) is 23.9 Å². The number of nitrogens with zero attached hydrogens (tertiary/aromatic N) is 2. The summed E-state index contributed by atoms with van der Waals surface area (Å²) < 4.78 is 1.63. The van der Waals surface area contributed by atoms with Crippen molar-refractivity contribution >= 4 is 40.2 Å². The topological polar surface area (TPSA) is 78.0 Å². The molecule has 0 fully saturated rings. The van der Waals surface area contributed by atoms with Gasteiger partial charge in [0.05, 0.1) is 10.9 Å². The summed E-state index contributed by atoms with van der Waals surface area (Å²) in [5.41, 5.74) is 5.59. The number of carbonyl (C=O) groups excluding carboxylic acids is 1. The van der Waals surface area contributed by atoms with Crippen molar-refractivity contribution in [1.82, 2.24) is 9.55 Å². The second-order valence-electron chi connectivity index (χ2n) is 4.89. The molecule has 0 aliphatic carbocycles. The molecular weight excluding hydrogens is 310 g/mol. The molecule has 2 N–H and O–H groups in total. The third kappa shape index (κ3) is 3.57. The van der Waals surface area contributed by atoms with E-state index in [1.165, 1.54) is 11.8 Å². The van der Waals surface area contributed by atoms with Gasteiger partial charge in [-0.15, -0.1) is 0 Å². The van der Waals surface area contributed by atoms with E-state index in [0.717, 1.165) is 0 Å². The number of aromatic nitrogens is 2. The first-order chi connectivity index (χ1) is 9.90.